The zero-order valence-corrected chi connectivity index (χ0v) is 14.7. The summed E-state index contributed by atoms with van der Waals surface area (Å²) in [5, 5.41) is 3.34. The Morgan fingerprint density at radius 2 is 1.94 bits per heavy atom. The van der Waals surface area contributed by atoms with Gasteiger partial charge in [0, 0.05) is 13.8 Å². The van der Waals surface area contributed by atoms with Crippen molar-refractivity contribution in [2.75, 3.05) is 7.05 Å². The van der Waals surface area contributed by atoms with E-state index in [0.717, 1.165) is 13.3 Å². The van der Waals surface area contributed by atoms with Gasteiger partial charge >= 0.3 is 0 Å². The summed E-state index contributed by atoms with van der Waals surface area (Å²) in [6.45, 7) is 2.09. The maximum Gasteiger partial charge on any atom is 0.107 e. The van der Waals surface area contributed by atoms with Gasteiger partial charge in [0.1, 0.15) is 4.34 Å². The highest BCUT2D eigenvalue weighted by atomic mass is 79.9. The van der Waals surface area contributed by atoms with Crippen LogP contribution in [-0.2, 0) is 0 Å². The Hall–Kier alpha value is 0.130. The van der Waals surface area contributed by atoms with Gasteiger partial charge in [0.05, 0.1) is 6.04 Å². The van der Waals surface area contributed by atoms with Crippen LogP contribution in [-0.4, -0.2) is 7.05 Å². The minimum absolute atomic E-state index is 0.172. The Bertz CT molecular complexity index is 549. The van der Waals surface area contributed by atoms with E-state index >= 15 is 0 Å². The van der Waals surface area contributed by atoms with E-state index in [1.54, 1.807) is 11.3 Å². The highest BCUT2D eigenvalue weighted by Gasteiger charge is 2.16. The highest BCUT2D eigenvalue weighted by Crippen LogP contribution is 2.37. The molecular formula is C13H12Br2ClNS. The summed E-state index contributed by atoms with van der Waals surface area (Å²) in [6, 6.07) is 8.64. The van der Waals surface area contributed by atoms with E-state index in [0.29, 0.717) is 0 Å². The van der Waals surface area contributed by atoms with Gasteiger partial charge in [-0.15, -0.1) is 11.3 Å². The van der Waals surface area contributed by atoms with E-state index in [-0.39, 0.29) is 6.04 Å². The lowest BCUT2D eigenvalue weighted by Gasteiger charge is -2.16. The zero-order chi connectivity index (χ0) is 13.3. The maximum atomic E-state index is 6.11. The Morgan fingerprint density at radius 1 is 1.22 bits per heavy atom. The minimum Gasteiger partial charge on any atom is -0.309 e. The predicted molar refractivity (Wildman–Crippen MR) is 86.8 cm³/mol. The predicted octanol–water partition coefficient (Wildman–Crippen LogP) is 5.54. The largest absolute Gasteiger partial charge is 0.309 e. The van der Waals surface area contributed by atoms with Gasteiger partial charge in [-0.2, -0.15) is 0 Å². The molecule has 1 unspecified atom stereocenters. The number of aryl methyl sites for hydroxylation is 1. The SMILES string of the molecule is CNC(c1ccc(Br)c(C)c1)c1cc(Br)c(Cl)s1. The fraction of sp³-hybridized carbons (Fsp3) is 0.231. The van der Waals surface area contributed by atoms with E-state index in [1.807, 2.05) is 7.05 Å². The number of nitrogens with one attached hydrogen (secondary N) is 1. The van der Waals surface area contributed by atoms with Crippen LogP contribution in [0.5, 0.6) is 0 Å². The first kappa shape index (κ1) is 14.5. The molecule has 0 amide bonds. The first-order valence-corrected chi connectivity index (χ1v) is 8.19. The van der Waals surface area contributed by atoms with Crippen molar-refractivity contribution >= 4 is 54.8 Å². The zero-order valence-electron chi connectivity index (χ0n) is 9.93. The average Bonchev–Trinajstić information content (AvgIpc) is 2.65. The van der Waals surface area contributed by atoms with Crippen molar-refractivity contribution in [1.82, 2.24) is 5.32 Å². The summed E-state index contributed by atoms with van der Waals surface area (Å²) in [5.41, 5.74) is 2.47. The second-order valence-corrected chi connectivity index (χ2v) is 7.40. The number of hydrogen-bond donors (Lipinski definition) is 1. The smallest absolute Gasteiger partial charge is 0.107 e. The van der Waals surface area contributed by atoms with Crippen LogP contribution < -0.4 is 5.32 Å². The molecule has 2 aromatic rings. The monoisotopic (exact) mass is 407 g/mol. The van der Waals surface area contributed by atoms with Crippen molar-refractivity contribution in [1.29, 1.82) is 0 Å². The van der Waals surface area contributed by atoms with Gasteiger partial charge in [-0.25, -0.2) is 0 Å². The molecule has 0 radical (unpaired) electrons. The summed E-state index contributed by atoms with van der Waals surface area (Å²) in [4.78, 5) is 1.20. The summed E-state index contributed by atoms with van der Waals surface area (Å²) >= 11 is 14.7. The number of benzene rings is 1. The Morgan fingerprint density at radius 3 is 2.44 bits per heavy atom. The first-order valence-electron chi connectivity index (χ1n) is 5.41. The second kappa shape index (κ2) is 6.06. The normalized spacial score (nSPS) is 12.7. The van der Waals surface area contributed by atoms with Crippen LogP contribution in [0.1, 0.15) is 22.0 Å². The summed E-state index contributed by atoms with van der Waals surface area (Å²) < 4.78 is 2.88. The van der Waals surface area contributed by atoms with Crippen molar-refractivity contribution in [3.63, 3.8) is 0 Å². The van der Waals surface area contributed by atoms with Crippen LogP contribution >= 0.6 is 54.8 Å². The van der Waals surface area contributed by atoms with E-state index in [2.05, 4.69) is 68.4 Å². The molecule has 0 saturated carbocycles. The van der Waals surface area contributed by atoms with Crippen molar-refractivity contribution in [3.05, 3.63) is 53.6 Å². The fourth-order valence-electron chi connectivity index (χ4n) is 1.83. The molecule has 1 atom stereocenters. The van der Waals surface area contributed by atoms with Crippen LogP contribution in [0, 0.1) is 6.92 Å². The summed E-state index contributed by atoms with van der Waals surface area (Å²) in [7, 11) is 1.96. The topological polar surface area (TPSA) is 12.0 Å². The van der Waals surface area contributed by atoms with Gasteiger partial charge in [-0.3, -0.25) is 0 Å². The van der Waals surface area contributed by atoms with Gasteiger partial charge in [0.25, 0.3) is 0 Å². The number of halogens is 3. The summed E-state index contributed by atoms with van der Waals surface area (Å²) in [5.74, 6) is 0. The lowest BCUT2D eigenvalue weighted by Crippen LogP contribution is -2.16. The van der Waals surface area contributed by atoms with Crippen molar-refractivity contribution in [2.24, 2.45) is 0 Å². The Balaban J connectivity index is 2.41. The quantitative estimate of drug-likeness (QED) is 0.701. The van der Waals surface area contributed by atoms with Crippen LogP contribution in [0.15, 0.2) is 33.2 Å². The molecule has 5 heteroatoms. The molecule has 0 aliphatic rings. The Labute approximate surface area is 133 Å². The molecule has 1 heterocycles. The maximum absolute atomic E-state index is 6.11. The lowest BCUT2D eigenvalue weighted by molar-refractivity contribution is 0.703. The molecule has 0 aliphatic carbocycles. The molecule has 0 saturated heterocycles. The van der Waals surface area contributed by atoms with Crippen molar-refractivity contribution < 1.29 is 0 Å². The van der Waals surface area contributed by atoms with Crippen molar-refractivity contribution in [2.45, 2.75) is 13.0 Å². The molecule has 1 nitrogen and oxygen atoms in total. The highest BCUT2D eigenvalue weighted by molar-refractivity contribution is 9.10. The van der Waals surface area contributed by atoms with E-state index in [9.17, 15) is 0 Å². The number of hydrogen-bond acceptors (Lipinski definition) is 2. The van der Waals surface area contributed by atoms with Gasteiger partial charge in [0.2, 0.25) is 0 Å². The Kier molecular flexibility index (Phi) is 4.89. The molecule has 96 valence electrons. The molecule has 0 bridgehead atoms. The average molecular weight is 410 g/mol. The fourth-order valence-corrected chi connectivity index (χ4v) is 3.95. The molecular weight excluding hydrogens is 397 g/mol. The molecule has 0 fully saturated rings. The molecule has 0 aliphatic heterocycles. The third-order valence-corrected chi connectivity index (χ3v) is 6.18. The van der Waals surface area contributed by atoms with Crippen LogP contribution in [0.2, 0.25) is 4.34 Å². The first-order chi connectivity index (χ1) is 8.52. The van der Waals surface area contributed by atoms with E-state index < -0.39 is 0 Å². The molecule has 1 N–H and O–H groups in total. The van der Waals surface area contributed by atoms with Crippen LogP contribution in [0.25, 0.3) is 0 Å². The number of rotatable bonds is 3. The number of thiophene rings is 1. The second-order valence-electron chi connectivity index (χ2n) is 4.00. The third-order valence-electron chi connectivity index (χ3n) is 2.75. The molecule has 2 rings (SSSR count). The molecule has 0 spiro atoms. The van der Waals surface area contributed by atoms with Crippen molar-refractivity contribution in [3.8, 4) is 0 Å². The van der Waals surface area contributed by atoms with Crippen LogP contribution in [0.3, 0.4) is 0 Å². The third kappa shape index (κ3) is 2.99. The van der Waals surface area contributed by atoms with Gasteiger partial charge < -0.3 is 5.32 Å². The molecule has 1 aromatic carbocycles. The van der Waals surface area contributed by atoms with Gasteiger partial charge in [-0.05, 0) is 53.2 Å². The van der Waals surface area contributed by atoms with Crippen LogP contribution in [0.4, 0.5) is 0 Å². The molecule has 1 aromatic heterocycles. The standard InChI is InChI=1S/C13H12Br2ClNS/c1-7-5-8(3-4-9(7)14)12(17-2)11-6-10(15)13(16)18-11/h3-6,12,17H,1-2H3. The van der Waals surface area contributed by atoms with E-state index in [4.69, 9.17) is 11.6 Å². The minimum atomic E-state index is 0.172. The molecule has 18 heavy (non-hydrogen) atoms. The van der Waals surface area contributed by atoms with Gasteiger partial charge in [0.15, 0.2) is 0 Å². The lowest BCUT2D eigenvalue weighted by atomic mass is 10.0. The van der Waals surface area contributed by atoms with Gasteiger partial charge in [-0.1, -0.05) is 39.7 Å². The summed E-state index contributed by atoms with van der Waals surface area (Å²) in [6.07, 6.45) is 0. The van der Waals surface area contributed by atoms with E-state index in [1.165, 1.54) is 16.0 Å².